The number of nitrogens with one attached hydrogen (secondary N) is 2. The zero-order valence-electron chi connectivity index (χ0n) is 11.3. The fourth-order valence-corrected chi connectivity index (χ4v) is 2.92. The van der Waals surface area contributed by atoms with E-state index in [4.69, 9.17) is 0 Å². The molecule has 21 heavy (non-hydrogen) atoms. The number of amides is 2. The monoisotopic (exact) mass is 299 g/mol. The Hall–Kier alpha value is -2.34. The molecule has 1 atom stereocenters. The molecule has 0 bridgehead atoms. The quantitative estimate of drug-likeness (QED) is 0.894. The number of carbonyl (C=O) groups is 2. The van der Waals surface area contributed by atoms with Gasteiger partial charge in [-0.05, 0) is 37.3 Å². The van der Waals surface area contributed by atoms with Gasteiger partial charge >= 0.3 is 0 Å². The minimum Gasteiger partial charge on any atom is -0.324 e. The van der Waals surface area contributed by atoms with E-state index in [1.165, 1.54) is 11.8 Å². The summed E-state index contributed by atoms with van der Waals surface area (Å²) in [6.45, 7) is 1.85. The largest absolute Gasteiger partial charge is 0.324 e. The lowest BCUT2D eigenvalue weighted by Crippen LogP contribution is -2.26. The Labute approximate surface area is 126 Å². The first-order valence-corrected chi connectivity index (χ1v) is 7.34. The van der Waals surface area contributed by atoms with Crippen molar-refractivity contribution in [2.24, 2.45) is 0 Å². The molecule has 6 heteroatoms. The van der Waals surface area contributed by atoms with Gasteiger partial charge in [0.05, 0.1) is 22.8 Å². The third-order valence-electron chi connectivity index (χ3n) is 3.09. The summed E-state index contributed by atoms with van der Waals surface area (Å²) in [6.07, 6.45) is 3.22. The number of hydrogen-bond donors (Lipinski definition) is 2. The minimum absolute atomic E-state index is 0.0442. The van der Waals surface area contributed by atoms with Crippen molar-refractivity contribution in [3.05, 3.63) is 48.3 Å². The first-order chi connectivity index (χ1) is 10.1. The van der Waals surface area contributed by atoms with E-state index in [-0.39, 0.29) is 17.1 Å². The predicted molar refractivity (Wildman–Crippen MR) is 82.6 cm³/mol. The van der Waals surface area contributed by atoms with Crippen molar-refractivity contribution in [2.45, 2.75) is 17.1 Å². The van der Waals surface area contributed by atoms with Crippen LogP contribution in [0.1, 0.15) is 17.3 Å². The molecule has 1 aromatic carbocycles. The number of hydrogen-bond acceptors (Lipinski definition) is 4. The smallest absolute Gasteiger partial charge is 0.255 e. The lowest BCUT2D eigenvalue weighted by molar-refractivity contribution is -0.115. The maximum atomic E-state index is 12.2. The Kier molecular flexibility index (Phi) is 3.62. The van der Waals surface area contributed by atoms with Gasteiger partial charge in [-0.25, -0.2) is 0 Å². The Bertz CT molecular complexity index is 703. The van der Waals surface area contributed by atoms with Crippen molar-refractivity contribution < 1.29 is 9.59 Å². The van der Waals surface area contributed by atoms with Crippen LogP contribution in [0.4, 0.5) is 11.4 Å². The fraction of sp³-hybridized carbons (Fsp3) is 0.133. The molecule has 2 N–H and O–H groups in total. The highest BCUT2D eigenvalue weighted by Crippen LogP contribution is 2.35. The number of fused-ring (bicyclic) bond motifs is 1. The molecule has 1 aliphatic heterocycles. The highest BCUT2D eigenvalue weighted by atomic mass is 32.2. The summed E-state index contributed by atoms with van der Waals surface area (Å²) in [5, 5.41) is 5.46. The van der Waals surface area contributed by atoms with Gasteiger partial charge in [0.2, 0.25) is 5.91 Å². The molecule has 2 aromatic rings. The highest BCUT2D eigenvalue weighted by Gasteiger charge is 2.23. The van der Waals surface area contributed by atoms with Crippen LogP contribution in [-0.4, -0.2) is 22.0 Å². The van der Waals surface area contributed by atoms with Gasteiger partial charge in [0.1, 0.15) is 0 Å². The van der Waals surface area contributed by atoms with Gasteiger partial charge in [-0.1, -0.05) is 0 Å². The molecule has 1 aromatic heterocycles. The summed E-state index contributed by atoms with van der Waals surface area (Å²) in [6, 6.07) is 8.82. The third kappa shape index (κ3) is 2.90. The molecule has 2 heterocycles. The number of nitrogens with zero attached hydrogens (tertiary/aromatic N) is 1. The average Bonchev–Trinajstić information content (AvgIpc) is 2.49. The van der Waals surface area contributed by atoms with E-state index in [9.17, 15) is 9.59 Å². The molecule has 0 unspecified atom stereocenters. The number of benzene rings is 1. The van der Waals surface area contributed by atoms with Crippen LogP contribution < -0.4 is 10.6 Å². The summed E-state index contributed by atoms with van der Waals surface area (Å²) in [5.41, 5.74) is 1.81. The molecule has 106 valence electrons. The Morgan fingerprint density at radius 2 is 2.24 bits per heavy atom. The molecule has 5 nitrogen and oxygen atoms in total. The molecular weight excluding hydrogens is 286 g/mol. The van der Waals surface area contributed by atoms with Crippen molar-refractivity contribution in [3.8, 4) is 0 Å². The van der Waals surface area contributed by atoms with Crippen molar-refractivity contribution in [1.82, 2.24) is 4.98 Å². The van der Waals surface area contributed by atoms with Gasteiger partial charge in [-0.2, -0.15) is 0 Å². The van der Waals surface area contributed by atoms with Gasteiger partial charge in [-0.3, -0.25) is 14.6 Å². The SMILES string of the molecule is C[C@H]1Sc2ccc(C(=O)Nc3cccnc3)cc2NC1=O. The number of anilines is 2. The standard InChI is InChI=1S/C15H13N3O2S/c1-9-14(19)18-12-7-10(4-5-13(12)21-9)15(20)17-11-3-2-6-16-8-11/h2-9H,1H3,(H,17,20)(H,18,19)/t9-/m1/s1. The predicted octanol–water partition coefficient (Wildman–Crippen LogP) is 2.77. The summed E-state index contributed by atoms with van der Waals surface area (Å²) in [7, 11) is 0. The summed E-state index contributed by atoms with van der Waals surface area (Å²) >= 11 is 1.49. The molecule has 2 amide bonds. The average molecular weight is 299 g/mol. The van der Waals surface area contributed by atoms with E-state index < -0.39 is 0 Å². The Morgan fingerprint density at radius 3 is 3.00 bits per heavy atom. The van der Waals surface area contributed by atoms with E-state index in [0.29, 0.717) is 16.9 Å². The fourth-order valence-electron chi connectivity index (χ4n) is 1.99. The zero-order chi connectivity index (χ0) is 14.8. The summed E-state index contributed by atoms with van der Waals surface area (Å²) < 4.78 is 0. The van der Waals surface area contributed by atoms with E-state index in [1.807, 2.05) is 13.0 Å². The van der Waals surface area contributed by atoms with Crippen molar-refractivity contribution in [2.75, 3.05) is 10.6 Å². The van der Waals surface area contributed by atoms with Crippen molar-refractivity contribution in [3.63, 3.8) is 0 Å². The molecule has 1 aliphatic rings. The number of carbonyl (C=O) groups excluding carboxylic acids is 2. The van der Waals surface area contributed by atoms with Crippen molar-refractivity contribution in [1.29, 1.82) is 0 Å². The van der Waals surface area contributed by atoms with E-state index in [0.717, 1.165) is 4.90 Å². The normalized spacial score (nSPS) is 16.8. The zero-order valence-corrected chi connectivity index (χ0v) is 12.1. The van der Waals surface area contributed by atoms with Gasteiger partial charge < -0.3 is 10.6 Å². The van der Waals surface area contributed by atoms with Gasteiger partial charge in [0, 0.05) is 16.7 Å². The number of rotatable bonds is 2. The summed E-state index contributed by atoms with van der Waals surface area (Å²) in [5.74, 6) is -0.277. The van der Waals surface area contributed by atoms with Crippen LogP contribution >= 0.6 is 11.8 Å². The molecule has 0 spiro atoms. The van der Waals surface area contributed by atoms with Crippen LogP contribution in [0.3, 0.4) is 0 Å². The first-order valence-electron chi connectivity index (χ1n) is 6.46. The number of aromatic nitrogens is 1. The maximum Gasteiger partial charge on any atom is 0.255 e. The molecular formula is C15H13N3O2S. The molecule has 0 saturated carbocycles. The van der Waals surface area contributed by atoms with Crippen LogP contribution in [0.15, 0.2) is 47.6 Å². The summed E-state index contributed by atoms with van der Waals surface area (Å²) in [4.78, 5) is 28.8. The van der Waals surface area contributed by atoms with Crippen LogP contribution in [0.2, 0.25) is 0 Å². The number of thioether (sulfide) groups is 1. The van der Waals surface area contributed by atoms with Crippen LogP contribution in [0.5, 0.6) is 0 Å². The topological polar surface area (TPSA) is 71.1 Å². The van der Waals surface area contributed by atoms with Gasteiger partial charge in [-0.15, -0.1) is 11.8 Å². The Morgan fingerprint density at radius 1 is 1.38 bits per heavy atom. The van der Waals surface area contributed by atoms with E-state index in [1.54, 1.807) is 36.7 Å². The first kappa shape index (κ1) is 13.6. The highest BCUT2D eigenvalue weighted by molar-refractivity contribution is 8.00. The lowest BCUT2D eigenvalue weighted by atomic mass is 10.1. The van der Waals surface area contributed by atoms with Gasteiger partial charge in [0.25, 0.3) is 5.91 Å². The minimum atomic E-state index is -0.233. The second-order valence-electron chi connectivity index (χ2n) is 4.66. The van der Waals surface area contributed by atoms with Crippen LogP contribution in [0.25, 0.3) is 0 Å². The molecule has 3 rings (SSSR count). The van der Waals surface area contributed by atoms with Gasteiger partial charge in [0.15, 0.2) is 0 Å². The van der Waals surface area contributed by atoms with Crippen LogP contribution in [0, 0.1) is 0 Å². The lowest BCUT2D eigenvalue weighted by Gasteiger charge is -2.21. The molecule has 0 saturated heterocycles. The third-order valence-corrected chi connectivity index (χ3v) is 4.27. The van der Waals surface area contributed by atoms with Crippen LogP contribution in [-0.2, 0) is 4.79 Å². The Balaban J connectivity index is 1.82. The molecule has 0 fully saturated rings. The maximum absolute atomic E-state index is 12.2. The van der Waals surface area contributed by atoms with E-state index in [2.05, 4.69) is 15.6 Å². The molecule has 0 radical (unpaired) electrons. The molecule has 0 aliphatic carbocycles. The second-order valence-corrected chi connectivity index (χ2v) is 6.04. The number of pyridine rings is 1. The second kappa shape index (κ2) is 5.57. The van der Waals surface area contributed by atoms with E-state index >= 15 is 0 Å². The van der Waals surface area contributed by atoms with Crippen molar-refractivity contribution >= 4 is 35.0 Å².